The van der Waals surface area contributed by atoms with Crippen LogP contribution in [0.5, 0.6) is 0 Å². The van der Waals surface area contributed by atoms with Gasteiger partial charge in [-0.05, 0) is 36.0 Å². The monoisotopic (exact) mass is 268 g/mol. The first kappa shape index (κ1) is 11.2. The Morgan fingerprint density at radius 2 is 2.07 bits per heavy atom. The van der Waals surface area contributed by atoms with E-state index in [1.165, 1.54) is 28.4 Å². The molecule has 2 rings (SSSR count). The van der Waals surface area contributed by atoms with Gasteiger partial charge in [0.1, 0.15) is 0 Å². The van der Waals surface area contributed by atoms with E-state index in [2.05, 4.69) is 48.0 Å². The molecule has 1 N–H and O–H groups in total. The number of halogens is 1. The van der Waals surface area contributed by atoms with Gasteiger partial charge in [0.2, 0.25) is 0 Å². The van der Waals surface area contributed by atoms with Crippen molar-refractivity contribution >= 4 is 15.9 Å². The van der Waals surface area contributed by atoms with Gasteiger partial charge in [0.25, 0.3) is 0 Å². The quantitative estimate of drug-likeness (QED) is 0.889. The van der Waals surface area contributed by atoms with Crippen LogP contribution < -0.4 is 0 Å². The highest BCUT2D eigenvalue weighted by Gasteiger charge is 2.27. The Morgan fingerprint density at radius 1 is 1.40 bits per heavy atom. The van der Waals surface area contributed by atoms with E-state index in [-0.39, 0.29) is 12.0 Å². The molecule has 1 aromatic rings. The van der Waals surface area contributed by atoms with Crippen LogP contribution in [-0.4, -0.2) is 11.7 Å². The summed E-state index contributed by atoms with van der Waals surface area (Å²) in [6, 6.07) is 6.51. The maximum absolute atomic E-state index is 9.31. The van der Waals surface area contributed by atoms with E-state index in [4.69, 9.17) is 0 Å². The lowest BCUT2D eigenvalue weighted by molar-refractivity contribution is 0.218. The summed E-state index contributed by atoms with van der Waals surface area (Å²) in [5.41, 5.74) is 2.47. The highest BCUT2D eigenvalue weighted by molar-refractivity contribution is 9.10. The predicted octanol–water partition coefficient (Wildman–Crippen LogP) is 3.60. The van der Waals surface area contributed by atoms with Crippen LogP contribution in [0.1, 0.15) is 43.7 Å². The number of aliphatic hydroxyl groups is 1. The van der Waals surface area contributed by atoms with E-state index in [0.29, 0.717) is 0 Å². The molecule has 0 amide bonds. The first-order valence-corrected chi connectivity index (χ1v) is 6.24. The van der Waals surface area contributed by atoms with E-state index >= 15 is 0 Å². The lowest BCUT2D eigenvalue weighted by atomic mass is 9.85. The van der Waals surface area contributed by atoms with Crippen molar-refractivity contribution in [3.8, 4) is 0 Å². The first-order valence-electron chi connectivity index (χ1n) is 5.45. The van der Waals surface area contributed by atoms with Crippen LogP contribution in [0.15, 0.2) is 22.7 Å². The summed E-state index contributed by atoms with van der Waals surface area (Å²) < 4.78 is 1.20. The Labute approximate surface area is 99.6 Å². The molecule has 0 unspecified atom stereocenters. The van der Waals surface area contributed by atoms with Crippen molar-refractivity contribution in [2.24, 2.45) is 0 Å². The molecule has 0 saturated heterocycles. The molecule has 15 heavy (non-hydrogen) atoms. The van der Waals surface area contributed by atoms with Gasteiger partial charge >= 0.3 is 0 Å². The minimum absolute atomic E-state index is 0.148. The molecule has 0 atom stereocenters. The first-order chi connectivity index (χ1) is 7.04. The molecule has 2 heteroatoms. The zero-order chi connectivity index (χ0) is 11.1. The van der Waals surface area contributed by atoms with E-state index < -0.39 is 0 Å². The number of benzene rings is 1. The zero-order valence-electron chi connectivity index (χ0n) is 9.26. The minimum atomic E-state index is -0.148. The van der Waals surface area contributed by atoms with E-state index in [9.17, 15) is 5.11 Å². The second kappa shape index (κ2) is 3.91. The van der Waals surface area contributed by atoms with Crippen LogP contribution in [0.2, 0.25) is 0 Å². The third kappa shape index (κ3) is 2.26. The molecule has 1 aliphatic rings. The lowest BCUT2D eigenvalue weighted by Crippen LogP contribution is -2.22. The average Bonchev–Trinajstić information content (AvgIpc) is 3.01. The third-order valence-corrected chi connectivity index (χ3v) is 3.88. The van der Waals surface area contributed by atoms with Crippen molar-refractivity contribution < 1.29 is 5.11 Å². The summed E-state index contributed by atoms with van der Waals surface area (Å²) in [7, 11) is 0. The molecular formula is C13H17BrO. The van der Waals surface area contributed by atoms with Crippen LogP contribution in [0.4, 0.5) is 0 Å². The van der Waals surface area contributed by atoms with Crippen molar-refractivity contribution in [2.45, 2.75) is 38.0 Å². The molecule has 0 spiro atoms. The molecule has 1 nitrogen and oxygen atoms in total. The maximum atomic E-state index is 9.31. The fraction of sp³-hybridized carbons (Fsp3) is 0.538. The van der Waals surface area contributed by atoms with Crippen LogP contribution in [0.25, 0.3) is 0 Å². The Balaban J connectivity index is 2.32. The predicted molar refractivity (Wildman–Crippen MR) is 66.2 cm³/mol. The standard InChI is InChI=1S/C13H17BrO/c1-13(2,8-15)10-5-6-11(9-3-4-9)12(14)7-10/h5-7,9,15H,3-4,8H2,1-2H3. The second-order valence-corrected chi connectivity index (χ2v) is 5.91. The van der Waals surface area contributed by atoms with Crippen molar-refractivity contribution in [1.29, 1.82) is 0 Å². The summed E-state index contributed by atoms with van der Waals surface area (Å²) in [5, 5.41) is 9.31. The van der Waals surface area contributed by atoms with Crippen molar-refractivity contribution in [3.63, 3.8) is 0 Å². The van der Waals surface area contributed by atoms with E-state index in [1.54, 1.807) is 0 Å². The summed E-state index contributed by atoms with van der Waals surface area (Å²) >= 11 is 3.63. The third-order valence-electron chi connectivity index (χ3n) is 3.19. The van der Waals surface area contributed by atoms with Crippen LogP contribution in [0.3, 0.4) is 0 Å². The summed E-state index contributed by atoms with van der Waals surface area (Å²) in [6.07, 6.45) is 2.64. The largest absolute Gasteiger partial charge is 0.395 e. The Bertz CT molecular complexity index is 367. The number of hydrogen-bond donors (Lipinski definition) is 1. The molecule has 1 aromatic carbocycles. The summed E-state index contributed by atoms with van der Waals surface area (Å²) in [6.45, 7) is 4.30. The van der Waals surface area contributed by atoms with Gasteiger partial charge in [-0.15, -0.1) is 0 Å². The molecule has 82 valence electrons. The van der Waals surface area contributed by atoms with Gasteiger partial charge in [-0.25, -0.2) is 0 Å². The van der Waals surface area contributed by atoms with Crippen molar-refractivity contribution in [2.75, 3.05) is 6.61 Å². The Kier molecular flexibility index (Phi) is 2.91. The van der Waals surface area contributed by atoms with Gasteiger partial charge < -0.3 is 5.11 Å². The van der Waals surface area contributed by atoms with Gasteiger partial charge in [-0.3, -0.25) is 0 Å². The molecule has 1 saturated carbocycles. The van der Waals surface area contributed by atoms with E-state index in [0.717, 1.165) is 5.92 Å². The van der Waals surface area contributed by atoms with Crippen LogP contribution in [0, 0.1) is 0 Å². The maximum Gasteiger partial charge on any atom is 0.0522 e. The molecule has 0 heterocycles. The fourth-order valence-electron chi connectivity index (χ4n) is 1.76. The number of hydrogen-bond acceptors (Lipinski definition) is 1. The fourth-order valence-corrected chi connectivity index (χ4v) is 2.47. The van der Waals surface area contributed by atoms with Crippen LogP contribution >= 0.6 is 15.9 Å². The van der Waals surface area contributed by atoms with Crippen LogP contribution in [-0.2, 0) is 5.41 Å². The van der Waals surface area contributed by atoms with Gasteiger partial charge in [0.15, 0.2) is 0 Å². The number of aliphatic hydroxyl groups excluding tert-OH is 1. The van der Waals surface area contributed by atoms with Gasteiger partial charge in [-0.2, -0.15) is 0 Å². The molecule has 0 aliphatic heterocycles. The highest BCUT2D eigenvalue weighted by atomic mass is 79.9. The van der Waals surface area contributed by atoms with Gasteiger partial charge in [0.05, 0.1) is 6.61 Å². The average molecular weight is 269 g/mol. The zero-order valence-corrected chi connectivity index (χ0v) is 10.8. The normalized spacial score (nSPS) is 16.8. The van der Waals surface area contributed by atoms with Crippen molar-refractivity contribution in [3.05, 3.63) is 33.8 Å². The van der Waals surface area contributed by atoms with E-state index in [1.807, 2.05) is 0 Å². The van der Waals surface area contributed by atoms with Crippen molar-refractivity contribution in [1.82, 2.24) is 0 Å². The highest BCUT2D eigenvalue weighted by Crippen LogP contribution is 2.44. The molecule has 0 aromatic heterocycles. The molecule has 1 fully saturated rings. The molecule has 1 aliphatic carbocycles. The molecule has 0 bridgehead atoms. The summed E-state index contributed by atoms with van der Waals surface area (Å²) in [5.74, 6) is 0.769. The van der Waals surface area contributed by atoms with Gasteiger partial charge in [0, 0.05) is 9.89 Å². The topological polar surface area (TPSA) is 20.2 Å². The minimum Gasteiger partial charge on any atom is -0.395 e. The SMILES string of the molecule is CC(C)(CO)c1ccc(C2CC2)c(Br)c1. The second-order valence-electron chi connectivity index (χ2n) is 5.05. The summed E-state index contributed by atoms with van der Waals surface area (Å²) in [4.78, 5) is 0. The molecular weight excluding hydrogens is 252 g/mol. The number of rotatable bonds is 3. The Hall–Kier alpha value is -0.340. The lowest BCUT2D eigenvalue weighted by Gasteiger charge is -2.23. The Morgan fingerprint density at radius 3 is 2.53 bits per heavy atom. The smallest absolute Gasteiger partial charge is 0.0522 e. The van der Waals surface area contributed by atoms with Gasteiger partial charge in [-0.1, -0.05) is 41.9 Å². The molecule has 0 radical (unpaired) electrons.